The average molecular weight is 234 g/mol. The Morgan fingerprint density at radius 3 is 2.94 bits per heavy atom. The molecule has 3 nitrogen and oxygen atoms in total. The van der Waals surface area contributed by atoms with Crippen molar-refractivity contribution in [2.24, 2.45) is 5.92 Å². The lowest BCUT2D eigenvalue weighted by molar-refractivity contribution is 0.181. The standard InChI is InChI=1S/C14H22N2O/c1-2-16-14(10-13-5-8-17-11-13)9-12-3-6-15-7-4-12/h3-4,6-7,13-14,16H,2,5,8-11H2,1H3. The molecular weight excluding hydrogens is 212 g/mol. The van der Waals surface area contributed by atoms with E-state index in [0.717, 1.165) is 32.1 Å². The van der Waals surface area contributed by atoms with E-state index in [1.807, 2.05) is 12.4 Å². The van der Waals surface area contributed by atoms with Gasteiger partial charge in [-0.25, -0.2) is 0 Å². The van der Waals surface area contributed by atoms with Gasteiger partial charge in [-0.3, -0.25) is 4.98 Å². The third-order valence-corrected chi connectivity index (χ3v) is 3.37. The van der Waals surface area contributed by atoms with Crippen molar-refractivity contribution < 1.29 is 4.74 Å². The van der Waals surface area contributed by atoms with Gasteiger partial charge in [0.1, 0.15) is 0 Å². The van der Waals surface area contributed by atoms with Crippen LogP contribution in [0.2, 0.25) is 0 Å². The summed E-state index contributed by atoms with van der Waals surface area (Å²) >= 11 is 0. The fourth-order valence-corrected chi connectivity index (χ4v) is 2.50. The first-order valence-corrected chi connectivity index (χ1v) is 6.58. The highest BCUT2D eigenvalue weighted by molar-refractivity contribution is 5.11. The molecule has 0 aliphatic carbocycles. The second-order valence-corrected chi connectivity index (χ2v) is 4.78. The van der Waals surface area contributed by atoms with Crippen LogP contribution in [0.5, 0.6) is 0 Å². The van der Waals surface area contributed by atoms with Crippen LogP contribution in [0.4, 0.5) is 0 Å². The highest BCUT2D eigenvalue weighted by Gasteiger charge is 2.20. The van der Waals surface area contributed by atoms with Gasteiger partial charge in [0.05, 0.1) is 0 Å². The molecule has 1 fully saturated rings. The monoisotopic (exact) mass is 234 g/mol. The topological polar surface area (TPSA) is 34.2 Å². The van der Waals surface area contributed by atoms with Crippen LogP contribution in [-0.4, -0.2) is 30.8 Å². The molecule has 0 spiro atoms. The molecule has 2 atom stereocenters. The first-order chi connectivity index (χ1) is 8.38. The van der Waals surface area contributed by atoms with E-state index < -0.39 is 0 Å². The quantitative estimate of drug-likeness (QED) is 0.818. The summed E-state index contributed by atoms with van der Waals surface area (Å²) in [5, 5.41) is 3.58. The number of likely N-dealkylation sites (N-methyl/N-ethyl adjacent to an activating group) is 1. The summed E-state index contributed by atoms with van der Waals surface area (Å²) in [7, 11) is 0. The summed E-state index contributed by atoms with van der Waals surface area (Å²) in [6.45, 7) is 5.09. The summed E-state index contributed by atoms with van der Waals surface area (Å²) in [6.07, 6.45) is 7.27. The van der Waals surface area contributed by atoms with Crippen molar-refractivity contribution >= 4 is 0 Å². The molecule has 1 aromatic heterocycles. The fourth-order valence-electron chi connectivity index (χ4n) is 2.50. The number of aromatic nitrogens is 1. The van der Waals surface area contributed by atoms with E-state index in [1.54, 1.807) is 0 Å². The molecule has 1 aliphatic heterocycles. The number of nitrogens with zero attached hydrogens (tertiary/aromatic N) is 1. The second-order valence-electron chi connectivity index (χ2n) is 4.78. The Bertz CT molecular complexity index is 309. The fraction of sp³-hybridized carbons (Fsp3) is 0.643. The summed E-state index contributed by atoms with van der Waals surface area (Å²) in [6, 6.07) is 4.78. The van der Waals surface area contributed by atoms with E-state index in [1.165, 1.54) is 18.4 Å². The van der Waals surface area contributed by atoms with E-state index in [-0.39, 0.29) is 0 Å². The van der Waals surface area contributed by atoms with Crippen molar-refractivity contribution in [3.8, 4) is 0 Å². The Morgan fingerprint density at radius 2 is 2.29 bits per heavy atom. The third-order valence-electron chi connectivity index (χ3n) is 3.37. The van der Waals surface area contributed by atoms with Gasteiger partial charge in [-0.1, -0.05) is 6.92 Å². The van der Waals surface area contributed by atoms with Crippen molar-refractivity contribution in [3.63, 3.8) is 0 Å². The minimum atomic E-state index is 0.564. The molecule has 0 bridgehead atoms. The van der Waals surface area contributed by atoms with Crippen molar-refractivity contribution in [1.82, 2.24) is 10.3 Å². The van der Waals surface area contributed by atoms with Gasteiger partial charge in [-0.05, 0) is 49.4 Å². The zero-order valence-electron chi connectivity index (χ0n) is 10.6. The maximum atomic E-state index is 5.45. The van der Waals surface area contributed by atoms with Crippen LogP contribution in [-0.2, 0) is 11.2 Å². The van der Waals surface area contributed by atoms with E-state index in [4.69, 9.17) is 4.74 Å². The molecule has 0 amide bonds. The molecule has 1 N–H and O–H groups in total. The number of pyridine rings is 1. The number of rotatable bonds is 6. The predicted molar refractivity (Wildman–Crippen MR) is 68.9 cm³/mol. The molecule has 1 aromatic rings. The molecule has 0 saturated carbocycles. The van der Waals surface area contributed by atoms with Crippen LogP contribution in [0.15, 0.2) is 24.5 Å². The van der Waals surface area contributed by atoms with Crippen LogP contribution in [0, 0.1) is 5.92 Å². The molecule has 1 saturated heterocycles. The Morgan fingerprint density at radius 1 is 1.47 bits per heavy atom. The van der Waals surface area contributed by atoms with Gasteiger partial charge in [0.15, 0.2) is 0 Å². The Balaban J connectivity index is 1.87. The predicted octanol–water partition coefficient (Wildman–Crippen LogP) is 2.03. The van der Waals surface area contributed by atoms with Gasteiger partial charge in [0.25, 0.3) is 0 Å². The van der Waals surface area contributed by atoms with E-state index in [0.29, 0.717) is 6.04 Å². The van der Waals surface area contributed by atoms with Crippen molar-refractivity contribution in [2.75, 3.05) is 19.8 Å². The zero-order valence-corrected chi connectivity index (χ0v) is 10.6. The summed E-state index contributed by atoms with van der Waals surface area (Å²) in [5.41, 5.74) is 1.37. The van der Waals surface area contributed by atoms with Gasteiger partial charge >= 0.3 is 0 Å². The van der Waals surface area contributed by atoms with Crippen molar-refractivity contribution in [3.05, 3.63) is 30.1 Å². The molecule has 2 heterocycles. The molecule has 2 unspecified atom stereocenters. The Labute approximate surface area is 104 Å². The van der Waals surface area contributed by atoms with Gasteiger partial charge in [-0.15, -0.1) is 0 Å². The SMILES string of the molecule is CCNC(Cc1ccncc1)CC1CCOC1. The van der Waals surface area contributed by atoms with Crippen molar-refractivity contribution in [1.29, 1.82) is 0 Å². The highest BCUT2D eigenvalue weighted by Crippen LogP contribution is 2.19. The Hall–Kier alpha value is -0.930. The maximum Gasteiger partial charge on any atom is 0.0495 e. The molecular formula is C14H22N2O. The average Bonchev–Trinajstić information content (AvgIpc) is 2.83. The first-order valence-electron chi connectivity index (χ1n) is 6.58. The number of hydrogen-bond donors (Lipinski definition) is 1. The zero-order chi connectivity index (χ0) is 11.9. The van der Waals surface area contributed by atoms with E-state index in [9.17, 15) is 0 Å². The number of ether oxygens (including phenoxy) is 1. The maximum absolute atomic E-state index is 5.45. The molecule has 3 heteroatoms. The summed E-state index contributed by atoms with van der Waals surface area (Å²) < 4.78 is 5.45. The minimum absolute atomic E-state index is 0.564. The van der Waals surface area contributed by atoms with Crippen LogP contribution in [0.1, 0.15) is 25.3 Å². The Kier molecular flexibility index (Phi) is 4.95. The van der Waals surface area contributed by atoms with Crippen LogP contribution >= 0.6 is 0 Å². The number of hydrogen-bond acceptors (Lipinski definition) is 3. The minimum Gasteiger partial charge on any atom is -0.381 e. The lowest BCUT2D eigenvalue weighted by Crippen LogP contribution is -2.33. The van der Waals surface area contributed by atoms with Gasteiger partial charge in [0.2, 0.25) is 0 Å². The molecule has 0 radical (unpaired) electrons. The first kappa shape index (κ1) is 12.5. The molecule has 94 valence electrons. The van der Waals surface area contributed by atoms with E-state index in [2.05, 4.69) is 29.4 Å². The number of nitrogens with one attached hydrogen (secondary N) is 1. The third kappa shape index (κ3) is 4.10. The van der Waals surface area contributed by atoms with Crippen LogP contribution in [0.3, 0.4) is 0 Å². The van der Waals surface area contributed by atoms with Gasteiger partial charge in [0, 0.05) is 31.6 Å². The van der Waals surface area contributed by atoms with Gasteiger partial charge < -0.3 is 10.1 Å². The van der Waals surface area contributed by atoms with E-state index >= 15 is 0 Å². The molecule has 1 aliphatic rings. The lowest BCUT2D eigenvalue weighted by atomic mass is 9.95. The summed E-state index contributed by atoms with van der Waals surface area (Å²) in [4.78, 5) is 4.06. The lowest BCUT2D eigenvalue weighted by Gasteiger charge is -2.20. The molecule has 0 aromatic carbocycles. The molecule has 17 heavy (non-hydrogen) atoms. The normalized spacial score (nSPS) is 21.6. The molecule has 2 rings (SSSR count). The second kappa shape index (κ2) is 6.72. The summed E-state index contributed by atoms with van der Waals surface area (Å²) in [5.74, 6) is 0.737. The highest BCUT2D eigenvalue weighted by atomic mass is 16.5. The van der Waals surface area contributed by atoms with Gasteiger partial charge in [-0.2, -0.15) is 0 Å². The smallest absolute Gasteiger partial charge is 0.0495 e. The van der Waals surface area contributed by atoms with Crippen molar-refractivity contribution in [2.45, 2.75) is 32.2 Å². The van der Waals surface area contributed by atoms with Crippen LogP contribution < -0.4 is 5.32 Å². The van der Waals surface area contributed by atoms with Crippen LogP contribution in [0.25, 0.3) is 0 Å². The largest absolute Gasteiger partial charge is 0.381 e.